The molecule has 1 amide bonds. The smallest absolute Gasteiger partial charge is 0.410 e. The summed E-state index contributed by atoms with van der Waals surface area (Å²) in [5.74, 6) is -0.354. The maximum Gasteiger partial charge on any atom is 0.410 e. The molecule has 8 heteroatoms. The molecular formula is C23H38N4O4. The minimum Gasteiger partial charge on any atom is -0.461 e. The Balaban J connectivity index is 1.45. The second kappa shape index (κ2) is 10.0. The van der Waals surface area contributed by atoms with E-state index in [9.17, 15) is 9.59 Å². The number of aromatic nitrogens is 2. The summed E-state index contributed by atoms with van der Waals surface area (Å²) in [5, 5.41) is 4.44. The Labute approximate surface area is 185 Å². The van der Waals surface area contributed by atoms with E-state index in [4.69, 9.17) is 9.47 Å². The molecule has 0 radical (unpaired) electrons. The van der Waals surface area contributed by atoms with Crippen LogP contribution in [0.15, 0.2) is 12.3 Å². The Morgan fingerprint density at radius 2 is 1.71 bits per heavy atom. The van der Waals surface area contributed by atoms with Gasteiger partial charge in [-0.25, -0.2) is 9.59 Å². The molecule has 0 spiro atoms. The minimum atomic E-state index is -0.449. The fourth-order valence-electron chi connectivity index (χ4n) is 4.67. The third kappa shape index (κ3) is 6.21. The van der Waals surface area contributed by atoms with E-state index in [0.29, 0.717) is 30.4 Å². The summed E-state index contributed by atoms with van der Waals surface area (Å²) in [5.41, 5.74) is -0.0625. The lowest BCUT2D eigenvalue weighted by molar-refractivity contribution is 0.0113. The van der Waals surface area contributed by atoms with Gasteiger partial charge in [0.05, 0.1) is 12.6 Å². The quantitative estimate of drug-likeness (QED) is 0.655. The third-order valence-corrected chi connectivity index (χ3v) is 6.40. The summed E-state index contributed by atoms with van der Waals surface area (Å²) in [7, 11) is 2.23. The number of ether oxygens (including phenoxy) is 2. The summed E-state index contributed by atoms with van der Waals surface area (Å²) in [6, 6.07) is 3.13. The van der Waals surface area contributed by atoms with Crippen LogP contribution in [0.2, 0.25) is 0 Å². The van der Waals surface area contributed by atoms with E-state index in [-0.39, 0.29) is 12.1 Å². The average molecular weight is 435 g/mol. The molecule has 31 heavy (non-hydrogen) atoms. The minimum absolute atomic E-state index is 0.199. The van der Waals surface area contributed by atoms with Gasteiger partial charge < -0.3 is 19.3 Å². The fraction of sp³-hybridized carbons (Fsp3) is 0.783. The Morgan fingerprint density at radius 1 is 1.10 bits per heavy atom. The summed E-state index contributed by atoms with van der Waals surface area (Å²) in [6.07, 6.45) is 7.99. The SMILES string of the molecule is CCOC(=O)c1ccn(C2CCC(N(C)C3CCN(C(=O)OC(C)(C)C)CC3)CC2)n1. The zero-order valence-electron chi connectivity index (χ0n) is 19.7. The molecule has 2 aliphatic rings. The van der Waals surface area contributed by atoms with Crippen molar-refractivity contribution in [2.45, 2.75) is 89.9 Å². The number of piperidine rings is 1. The Hall–Kier alpha value is -2.09. The maximum absolute atomic E-state index is 12.3. The lowest BCUT2D eigenvalue weighted by Crippen LogP contribution is -2.50. The van der Waals surface area contributed by atoms with Gasteiger partial charge in [-0.15, -0.1) is 0 Å². The molecule has 0 bridgehead atoms. The van der Waals surface area contributed by atoms with Crippen LogP contribution >= 0.6 is 0 Å². The van der Waals surface area contributed by atoms with Crippen LogP contribution in [-0.2, 0) is 9.47 Å². The van der Waals surface area contributed by atoms with Gasteiger partial charge in [-0.1, -0.05) is 0 Å². The van der Waals surface area contributed by atoms with Crippen molar-refractivity contribution in [2.75, 3.05) is 26.7 Å². The van der Waals surface area contributed by atoms with E-state index >= 15 is 0 Å². The molecule has 1 aliphatic heterocycles. The first-order valence-corrected chi connectivity index (χ1v) is 11.6. The number of rotatable bonds is 5. The van der Waals surface area contributed by atoms with E-state index in [1.54, 1.807) is 13.0 Å². The molecule has 1 aromatic rings. The van der Waals surface area contributed by atoms with E-state index in [0.717, 1.165) is 51.6 Å². The third-order valence-electron chi connectivity index (χ3n) is 6.40. The van der Waals surface area contributed by atoms with Gasteiger partial charge in [-0.3, -0.25) is 4.68 Å². The number of esters is 1. The number of likely N-dealkylation sites (tertiary alicyclic amines) is 1. The number of amides is 1. The van der Waals surface area contributed by atoms with E-state index in [1.165, 1.54) is 0 Å². The first-order chi connectivity index (χ1) is 14.7. The lowest BCUT2D eigenvalue weighted by atomic mass is 9.88. The normalized spacial score (nSPS) is 23.1. The highest BCUT2D eigenvalue weighted by Crippen LogP contribution is 2.32. The summed E-state index contributed by atoms with van der Waals surface area (Å²) >= 11 is 0. The second-order valence-electron chi connectivity index (χ2n) is 9.73. The van der Waals surface area contributed by atoms with Gasteiger partial charge in [0.1, 0.15) is 5.60 Å². The summed E-state index contributed by atoms with van der Waals surface area (Å²) < 4.78 is 12.5. The van der Waals surface area contributed by atoms with Crippen LogP contribution < -0.4 is 0 Å². The summed E-state index contributed by atoms with van der Waals surface area (Å²) in [4.78, 5) is 28.5. The van der Waals surface area contributed by atoms with Crippen molar-refractivity contribution < 1.29 is 19.1 Å². The van der Waals surface area contributed by atoms with Gasteiger partial charge in [-0.2, -0.15) is 5.10 Å². The molecule has 1 aromatic heterocycles. The highest BCUT2D eigenvalue weighted by molar-refractivity contribution is 5.87. The highest BCUT2D eigenvalue weighted by atomic mass is 16.6. The Morgan fingerprint density at radius 3 is 2.29 bits per heavy atom. The van der Waals surface area contributed by atoms with Gasteiger partial charge in [0.15, 0.2) is 5.69 Å². The van der Waals surface area contributed by atoms with Crippen LogP contribution in [0.3, 0.4) is 0 Å². The van der Waals surface area contributed by atoms with Crippen molar-refractivity contribution >= 4 is 12.1 Å². The van der Waals surface area contributed by atoms with Gasteiger partial charge >= 0.3 is 12.1 Å². The number of nitrogens with zero attached hydrogens (tertiary/aromatic N) is 4. The molecule has 3 rings (SSSR count). The van der Waals surface area contributed by atoms with Crippen LogP contribution in [0.5, 0.6) is 0 Å². The van der Waals surface area contributed by atoms with Crippen molar-refractivity contribution in [3.05, 3.63) is 18.0 Å². The number of hydrogen-bond acceptors (Lipinski definition) is 6. The molecule has 1 saturated heterocycles. The first kappa shape index (κ1) is 23.6. The molecule has 1 aliphatic carbocycles. The summed E-state index contributed by atoms with van der Waals surface area (Å²) in [6.45, 7) is 9.38. The fourth-order valence-corrected chi connectivity index (χ4v) is 4.67. The second-order valence-corrected chi connectivity index (χ2v) is 9.73. The molecule has 8 nitrogen and oxygen atoms in total. The molecule has 1 saturated carbocycles. The number of carbonyl (C=O) groups is 2. The standard InChI is InChI=1S/C23H38N4O4/c1-6-30-21(28)20-13-16-27(24-20)19-9-7-17(8-10-19)25(5)18-11-14-26(15-12-18)22(29)31-23(2,3)4/h13,16-19H,6-12,14-15H2,1-5H3. The molecular weight excluding hydrogens is 396 g/mol. The van der Waals surface area contributed by atoms with E-state index < -0.39 is 5.60 Å². The molecule has 0 N–H and O–H groups in total. The predicted molar refractivity (Wildman–Crippen MR) is 118 cm³/mol. The van der Waals surface area contributed by atoms with E-state index in [2.05, 4.69) is 17.0 Å². The molecule has 2 heterocycles. The van der Waals surface area contributed by atoms with Crippen molar-refractivity contribution in [3.8, 4) is 0 Å². The van der Waals surface area contributed by atoms with Crippen LogP contribution in [0, 0.1) is 0 Å². The number of hydrogen-bond donors (Lipinski definition) is 0. The van der Waals surface area contributed by atoms with Crippen molar-refractivity contribution in [2.24, 2.45) is 0 Å². The van der Waals surface area contributed by atoms with Crippen molar-refractivity contribution in [1.82, 2.24) is 19.6 Å². The van der Waals surface area contributed by atoms with Crippen molar-refractivity contribution in [3.63, 3.8) is 0 Å². The molecule has 2 fully saturated rings. The predicted octanol–water partition coefficient (Wildman–Crippen LogP) is 3.87. The average Bonchev–Trinajstić information content (AvgIpc) is 3.23. The van der Waals surface area contributed by atoms with Crippen molar-refractivity contribution in [1.29, 1.82) is 0 Å². The largest absolute Gasteiger partial charge is 0.461 e. The number of carbonyl (C=O) groups excluding carboxylic acids is 2. The Bertz CT molecular complexity index is 741. The van der Waals surface area contributed by atoms with Gasteiger partial charge in [0.25, 0.3) is 0 Å². The zero-order valence-corrected chi connectivity index (χ0v) is 19.7. The molecule has 0 atom stereocenters. The lowest BCUT2D eigenvalue weighted by Gasteiger charge is -2.42. The monoisotopic (exact) mass is 434 g/mol. The highest BCUT2D eigenvalue weighted by Gasteiger charge is 2.33. The van der Waals surface area contributed by atoms with Gasteiger partial charge in [-0.05, 0) is 79.3 Å². The van der Waals surface area contributed by atoms with Gasteiger partial charge in [0, 0.05) is 31.4 Å². The van der Waals surface area contributed by atoms with Crippen LogP contribution in [0.4, 0.5) is 4.79 Å². The van der Waals surface area contributed by atoms with Crippen LogP contribution in [0.1, 0.15) is 82.8 Å². The van der Waals surface area contributed by atoms with Crippen LogP contribution in [-0.4, -0.2) is 76.1 Å². The molecule has 0 aromatic carbocycles. The van der Waals surface area contributed by atoms with Crippen LogP contribution in [0.25, 0.3) is 0 Å². The first-order valence-electron chi connectivity index (χ1n) is 11.6. The van der Waals surface area contributed by atoms with Gasteiger partial charge in [0.2, 0.25) is 0 Å². The topological polar surface area (TPSA) is 76.9 Å². The van der Waals surface area contributed by atoms with E-state index in [1.807, 2.05) is 36.5 Å². The maximum atomic E-state index is 12.3. The molecule has 0 unspecified atom stereocenters. The zero-order chi connectivity index (χ0) is 22.6. The molecule has 174 valence electrons. The Kier molecular flexibility index (Phi) is 7.62.